The van der Waals surface area contributed by atoms with Gasteiger partial charge in [-0.15, -0.1) is 0 Å². The van der Waals surface area contributed by atoms with E-state index >= 15 is 0 Å². The molecule has 1 saturated carbocycles. The van der Waals surface area contributed by atoms with Gasteiger partial charge in [-0.3, -0.25) is 5.73 Å². The van der Waals surface area contributed by atoms with E-state index in [0.29, 0.717) is 13.2 Å². The van der Waals surface area contributed by atoms with Crippen molar-refractivity contribution in [2.24, 2.45) is 16.6 Å². The average Bonchev–Trinajstić information content (AvgIpc) is 2.77. The summed E-state index contributed by atoms with van der Waals surface area (Å²) < 4.78 is 12.3. The van der Waals surface area contributed by atoms with E-state index in [2.05, 4.69) is 33.1 Å². The van der Waals surface area contributed by atoms with Crippen LogP contribution in [0.4, 0.5) is 0 Å². The Morgan fingerprint density at radius 2 is 2.00 bits per heavy atom. The molecule has 1 aromatic rings. The van der Waals surface area contributed by atoms with Crippen LogP contribution in [-0.4, -0.2) is 25.0 Å². The topological polar surface area (TPSA) is 106 Å². The van der Waals surface area contributed by atoms with Crippen molar-refractivity contribution in [1.82, 2.24) is 0 Å². The highest BCUT2D eigenvalue weighted by Gasteiger charge is 2.97. The molecule has 1 spiro atoms. The summed E-state index contributed by atoms with van der Waals surface area (Å²) in [5.41, 5.74) is 4.64. The summed E-state index contributed by atoms with van der Waals surface area (Å²) in [5, 5.41) is 19.7. The van der Waals surface area contributed by atoms with Crippen LogP contribution in [0.25, 0.3) is 0 Å². The predicted octanol–water partition coefficient (Wildman–Crippen LogP) is -0.282. The largest absolute Gasteiger partial charge is 0.343 e. The second-order valence-electron chi connectivity index (χ2n) is 5.68. The summed E-state index contributed by atoms with van der Waals surface area (Å²) >= 11 is 3.43. The fraction of sp³-hybridized carbons (Fsp3) is 0.400. The van der Waals surface area contributed by atoms with Crippen molar-refractivity contribution < 1.29 is 14.5 Å². The van der Waals surface area contributed by atoms with Gasteiger partial charge in [0.05, 0.1) is 25.4 Å². The van der Waals surface area contributed by atoms with Crippen LogP contribution < -0.4 is 10.7 Å². The maximum Gasteiger partial charge on any atom is 0.343 e. The molecule has 0 aromatic heterocycles. The molecule has 1 saturated heterocycles. The van der Waals surface area contributed by atoms with Crippen LogP contribution in [0.1, 0.15) is 11.5 Å². The molecular formula is C15H12BrN4O2+. The number of benzene rings is 1. The lowest BCUT2D eigenvalue weighted by Crippen LogP contribution is -2.89. The van der Waals surface area contributed by atoms with Crippen molar-refractivity contribution in [1.29, 1.82) is 10.5 Å². The first-order chi connectivity index (χ1) is 10.6. The Balaban J connectivity index is 1.94. The summed E-state index contributed by atoms with van der Waals surface area (Å²) in [6.07, 6.45) is 0. The normalized spacial score (nSPS) is 37.2. The maximum atomic E-state index is 9.93. The first-order valence-corrected chi connectivity index (χ1v) is 7.64. The van der Waals surface area contributed by atoms with E-state index in [0.717, 1.165) is 10.0 Å². The molecule has 2 fully saturated rings. The van der Waals surface area contributed by atoms with Crippen LogP contribution in [-0.2, 0) is 9.47 Å². The van der Waals surface area contributed by atoms with Crippen LogP contribution in [0.2, 0.25) is 0 Å². The molecule has 2 heterocycles. The second-order valence-corrected chi connectivity index (χ2v) is 6.60. The highest BCUT2D eigenvalue weighted by atomic mass is 79.9. The number of fused-ring (bicyclic) bond motifs is 2. The first kappa shape index (κ1) is 13.7. The zero-order valence-electron chi connectivity index (χ0n) is 11.5. The standard InChI is InChI=1S/C15H11BrN4O2/c16-10-3-1-2-9(6-10)11-13(7-17)12(19)20-15(14(11,13)8-18)21-4-5-22-15/h1-3,6,11H,4-5H2,(H2,19,20)/p+1/t11-,13+,14+/m0/s1. The van der Waals surface area contributed by atoms with E-state index in [9.17, 15) is 10.5 Å². The molecule has 0 unspecified atom stereocenters. The zero-order valence-corrected chi connectivity index (χ0v) is 13.1. The van der Waals surface area contributed by atoms with Crippen LogP contribution in [0.3, 0.4) is 0 Å². The number of nitrogens with one attached hydrogen (secondary N) is 1. The van der Waals surface area contributed by atoms with Gasteiger partial charge in [-0.2, -0.15) is 10.5 Å². The lowest BCUT2D eigenvalue weighted by Gasteiger charge is -2.23. The molecule has 22 heavy (non-hydrogen) atoms. The number of rotatable bonds is 1. The first-order valence-electron chi connectivity index (χ1n) is 6.85. The Morgan fingerprint density at radius 1 is 1.27 bits per heavy atom. The SMILES string of the molecule is N#C[C@@]12C(N)=[NH+]C3(OCCO3)[C@]1(C#N)[C@H]2c1cccc(Br)c1. The van der Waals surface area contributed by atoms with Crippen LogP contribution in [0.5, 0.6) is 0 Å². The number of nitrogens with two attached hydrogens (primary N) is 1. The molecular weight excluding hydrogens is 348 g/mol. The monoisotopic (exact) mass is 359 g/mol. The van der Waals surface area contributed by atoms with Gasteiger partial charge in [-0.25, -0.2) is 4.99 Å². The van der Waals surface area contributed by atoms with Gasteiger partial charge in [0, 0.05) is 10.4 Å². The minimum atomic E-state index is -1.34. The number of amidine groups is 1. The number of halogens is 1. The Kier molecular flexibility index (Phi) is 2.54. The number of nitriles is 2. The number of hydrogen-bond donors (Lipinski definition) is 2. The van der Waals surface area contributed by atoms with Crippen molar-refractivity contribution in [2.75, 3.05) is 13.2 Å². The van der Waals surface area contributed by atoms with Gasteiger partial charge in [-0.1, -0.05) is 28.1 Å². The summed E-state index contributed by atoms with van der Waals surface area (Å²) in [6.45, 7) is 0.715. The third-order valence-electron chi connectivity index (χ3n) is 4.88. The number of hydrogen-bond acceptors (Lipinski definition) is 5. The molecule has 0 amide bonds. The molecule has 1 aliphatic carbocycles. The molecule has 7 heteroatoms. The van der Waals surface area contributed by atoms with Crippen molar-refractivity contribution in [3.05, 3.63) is 34.3 Å². The third-order valence-corrected chi connectivity index (χ3v) is 5.37. The van der Waals surface area contributed by atoms with Gasteiger partial charge in [0.2, 0.25) is 0 Å². The molecule has 3 N–H and O–H groups in total. The van der Waals surface area contributed by atoms with Gasteiger partial charge in [0.1, 0.15) is 0 Å². The smallest absolute Gasteiger partial charge is 0.311 e. The zero-order chi connectivity index (χ0) is 15.6. The minimum absolute atomic E-state index is 0.239. The van der Waals surface area contributed by atoms with Gasteiger partial charge in [0.15, 0.2) is 10.8 Å². The molecule has 2 aliphatic heterocycles. The molecule has 0 bridgehead atoms. The van der Waals surface area contributed by atoms with Gasteiger partial charge in [-0.05, 0) is 17.7 Å². The third kappa shape index (κ3) is 1.21. The lowest BCUT2D eigenvalue weighted by atomic mass is 9.94. The molecule has 0 radical (unpaired) electrons. The van der Waals surface area contributed by atoms with E-state index in [-0.39, 0.29) is 5.84 Å². The molecule has 6 nitrogen and oxygen atoms in total. The Labute approximate surface area is 135 Å². The highest BCUT2D eigenvalue weighted by molar-refractivity contribution is 9.10. The van der Waals surface area contributed by atoms with Gasteiger partial charge < -0.3 is 9.47 Å². The summed E-state index contributed by atoms with van der Waals surface area (Å²) in [4.78, 5) is 2.92. The minimum Gasteiger partial charge on any atom is -0.311 e. The van der Waals surface area contributed by atoms with Crippen LogP contribution >= 0.6 is 15.9 Å². The highest BCUT2D eigenvalue weighted by Crippen LogP contribution is 2.79. The predicted molar refractivity (Wildman–Crippen MR) is 77.8 cm³/mol. The molecule has 3 aliphatic rings. The fourth-order valence-electron chi connectivity index (χ4n) is 4.00. The van der Waals surface area contributed by atoms with Gasteiger partial charge >= 0.3 is 5.91 Å². The fourth-order valence-corrected chi connectivity index (χ4v) is 4.42. The molecule has 110 valence electrons. The lowest BCUT2D eigenvalue weighted by molar-refractivity contribution is -0.676. The second kappa shape index (κ2) is 4.08. The molecule has 1 aromatic carbocycles. The van der Waals surface area contributed by atoms with Crippen LogP contribution in [0, 0.1) is 33.5 Å². The van der Waals surface area contributed by atoms with Crippen LogP contribution in [0.15, 0.2) is 28.7 Å². The Bertz CT molecular complexity index is 789. The van der Waals surface area contributed by atoms with E-state index in [1.807, 2.05) is 24.3 Å². The van der Waals surface area contributed by atoms with Crippen molar-refractivity contribution in [3.8, 4) is 12.1 Å². The summed E-state index contributed by atoms with van der Waals surface area (Å²) in [7, 11) is 0. The van der Waals surface area contributed by atoms with E-state index in [1.54, 1.807) is 0 Å². The van der Waals surface area contributed by atoms with Gasteiger partial charge in [0.25, 0.3) is 5.84 Å². The maximum absolute atomic E-state index is 9.93. The Hall–Kier alpha value is -1.93. The molecule has 4 rings (SSSR count). The van der Waals surface area contributed by atoms with Crippen molar-refractivity contribution in [3.63, 3.8) is 0 Å². The number of ether oxygens (including phenoxy) is 2. The average molecular weight is 360 g/mol. The van der Waals surface area contributed by atoms with Crippen molar-refractivity contribution >= 4 is 21.8 Å². The molecule has 3 atom stereocenters. The number of nitrogens with zero attached hydrogens (tertiary/aromatic N) is 2. The van der Waals surface area contributed by atoms with Crippen molar-refractivity contribution in [2.45, 2.75) is 11.8 Å². The Morgan fingerprint density at radius 3 is 2.59 bits per heavy atom. The van der Waals surface area contributed by atoms with E-state index in [4.69, 9.17) is 15.2 Å². The quantitative estimate of drug-likeness (QED) is 0.717. The van der Waals surface area contributed by atoms with E-state index in [1.165, 1.54) is 0 Å². The summed E-state index contributed by atoms with van der Waals surface area (Å²) in [5.74, 6) is -1.50. The summed E-state index contributed by atoms with van der Waals surface area (Å²) in [6, 6.07) is 12.1. The van der Waals surface area contributed by atoms with E-state index < -0.39 is 22.7 Å².